The molecule has 0 aliphatic rings. The number of halogens is 1. The van der Waals surface area contributed by atoms with Crippen molar-refractivity contribution in [2.24, 2.45) is 5.92 Å². The number of anilines is 1. The Morgan fingerprint density at radius 2 is 2.11 bits per heavy atom. The Kier molecular flexibility index (Phi) is 3.36. The molecule has 1 aromatic carbocycles. The van der Waals surface area contributed by atoms with Gasteiger partial charge in [-0.15, -0.1) is 0 Å². The van der Waals surface area contributed by atoms with Crippen LogP contribution in [0.1, 0.15) is 25.0 Å². The molecule has 0 saturated heterocycles. The molecule has 18 heavy (non-hydrogen) atoms. The number of rotatable bonds is 3. The van der Waals surface area contributed by atoms with Gasteiger partial charge in [0, 0.05) is 11.1 Å². The molecule has 0 unspecified atom stereocenters. The largest absolute Gasteiger partial charge is 0.367 e. The van der Waals surface area contributed by atoms with Crippen molar-refractivity contribution >= 4 is 5.88 Å². The monoisotopic (exact) mass is 248 g/mol. The van der Waals surface area contributed by atoms with Crippen molar-refractivity contribution < 1.29 is 8.91 Å². The molecule has 0 bridgehead atoms. The summed E-state index contributed by atoms with van der Waals surface area (Å²) < 4.78 is 18.3. The second-order valence-corrected chi connectivity index (χ2v) is 4.94. The maximum absolute atomic E-state index is 13.3. The van der Waals surface area contributed by atoms with Crippen LogP contribution in [0.15, 0.2) is 22.7 Å². The summed E-state index contributed by atoms with van der Waals surface area (Å²) >= 11 is 0. The van der Waals surface area contributed by atoms with Gasteiger partial charge in [0.1, 0.15) is 11.5 Å². The van der Waals surface area contributed by atoms with Gasteiger partial charge in [0.05, 0.1) is 0 Å². The zero-order chi connectivity index (χ0) is 13.3. The van der Waals surface area contributed by atoms with E-state index in [1.807, 2.05) is 0 Å². The molecule has 3 nitrogen and oxygen atoms in total. The molecule has 2 aromatic rings. The highest BCUT2D eigenvalue weighted by Gasteiger charge is 2.17. The summed E-state index contributed by atoms with van der Waals surface area (Å²) in [6.45, 7) is 5.93. The molecule has 1 heterocycles. The summed E-state index contributed by atoms with van der Waals surface area (Å²) in [7, 11) is 0. The minimum Gasteiger partial charge on any atom is -0.367 e. The van der Waals surface area contributed by atoms with Crippen LogP contribution in [0.5, 0.6) is 0 Å². The lowest BCUT2D eigenvalue weighted by Gasteiger charge is -2.06. The van der Waals surface area contributed by atoms with E-state index in [0.717, 1.165) is 17.5 Å². The highest BCUT2D eigenvalue weighted by molar-refractivity contribution is 5.67. The van der Waals surface area contributed by atoms with Crippen molar-refractivity contribution in [2.75, 3.05) is 5.73 Å². The topological polar surface area (TPSA) is 52.0 Å². The van der Waals surface area contributed by atoms with Gasteiger partial charge in [-0.3, -0.25) is 0 Å². The molecule has 0 fully saturated rings. The molecule has 2 N–H and O–H groups in total. The molecule has 0 aliphatic heterocycles. The molecule has 0 aliphatic carbocycles. The zero-order valence-electron chi connectivity index (χ0n) is 10.8. The first kappa shape index (κ1) is 12.6. The van der Waals surface area contributed by atoms with Crippen molar-refractivity contribution in [2.45, 2.75) is 27.2 Å². The van der Waals surface area contributed by atoms with Gasteiger partial charge in [-0.05, 0) is 43.0 Å². The summed E-state index contributed by atoms with van der Waals surface area (Å²) in [6, 6.07) is 4.90. The third-order valence-electron chi connectivity index (χ3n) is 2.86. The van der Waals surface area contributed by atoms with E-state index in [-0.39, 0.29) is 5.82 Å². The molecule has 0 atom stereocenters. The number of nitrogens with two attached hydrogens (primary N) is 1. The van der Waals surface area contributed by atoms with E-state index in [2.05, 4.69) is 19.0 Å². The second-order valence-electron chi connectivity index (χ2n) is 4.94. The lowest BCUT2D eigenvalue weighted by Crippen LogP contribution is -1.98. The third-order valence-corrected chi connectivity index (χ3v) is 2.86. The lowest BCUT2D eigenvalue weighted by atomic mass is 9.98. The maximum Gasteiger partial charge on any atom is 0.225 e. The van der Waals surface area contributed by atoms with Gasteiger partial charge in [-0.1, -0.05) is 19.0 Å². The first-order valence-corrected chi connectivity index (χ1v) is 5.99. The number of aryl methyl sites for hydroxylation is 1. The third kappa shape index (κ3) is 2.37. The standard InChI is InChI=1S/C14H17FN2O/c1-8(2)6-11-13(17-18-14(11)16)10-4-5-12(15)9(3)7-10/h4-5,7-8H,6,16H2,1-3H3. The van der Waals surface area contributed by atoms with Gasteiger partial charge < -0.3 is 10.3 Å². The minimum absolute atomic E-state index is 0.222. The number of nitrogens with zero attached hydrogens (tertiary/aromatic N) is 1. The first-order chi connectivity index (χ1) is 8.49. The molecule has 96 valence electrons. The Hall–Kier alpha value is -1.84. The van der Waals surface area contributed by atoms with Crippen LogP contribution in [0.3, 0.4) is 0 Å². The van der Waals surface area contributed by atoms with Crippen LogP contribution in [0, 0.1) is 18.7 Å². The number of hydrogen-bond donors (Lipinski definition) is 1. The summed E-state index contributed by atoms with van der Waals surface area (Å²) in [5.74, 6) is 0.577. The number of benzene rings is 1. The predicted molar refractivity (Wildman–Crippen MR) is 69.6 cm³/mol. The Morgan fingerprint density at radius 1 is 1.39 bits per heavy atom. The average Bonchev–Trinajstić information content (AvgIpc) is 2.64. The maximum atomic E-state index is 13.3. The highest BCUT2D eigenvalue weighted by Crippen LogP contribution is 2.30. The summed E-state index contributed by atoms with van der Waals surface area (Å²) in [5.41, 5.74) is 8.83. The zero-order valence-corrected chi connectivity index (χ0v) is 10.8. The minimum atomic E-state index is -0.222. The second kappa shape index (κ2) is 4.80. The molecule has 0 radical (unpaired) electrons. The highest BCUT2D eigenvalue weighted by atomic mass is 19.1. The Bertz CT molecular complexity index is 561. The van der Waals surface area contributed by atoms with Crippen LogP contribution in [0.4, 0.5) is 10.3 Å². The normalized spacial score (nSPS) is 11.2. The van der Waals surface area contributed by atoms with Gasteiger partial charge in [-0.25, -0.2) is 4.39 Å². The van der Waals surface area contributed by atoms with Crippen LogP contribution in [-0.4, -0.2) is 5.16 Å². The van der Waals surface area contributed by atoms with Gasteiger partial charge in [0.25, 0.3) is 0 Å². The summed E-state index contributed by atoms with van der Waals surface area (Å²) in [6.07, 6.45) is 0.793. The lowest BCUT2D eigenvalue weighted by molar-refractivity contribution is 0.438. The number of aromatic nitrogens is 1. The van der Waals surface area contributed by atoms with Crippen LogP contribution in [0.2, 0.25) is 0 Å². The first-order valence-electron chi connectivity index (χ1n) is 5.99. The fourth-order valence-electron chi connectivity index (χ4n) is 1.95. The smallest absolute Gasteiger partial charge is 0.225 e. The Morgan fingerprint density at radius 3 is 2.72 bits per heavy atom. The van der Waals surface area contributed by atoms with Gasteiger partial charge in [-0.2, -0.15) is 0 Å². The Labute approximate surface area is 106 Å². The number of hydrogen-bond acceptors (Lipinski definition) is 3. The molecule has 2 rings (SSSR count). The van der Waals surface area contributed by atoms with Gasteiger partial charge in [0.15, 0.2) is 0 Å². The molecule has 0 amide bonds. The summed E-state index contributed by atoms with van der Waals surface area (Å²) in [4.78, 5) is 0. The van der Waals surface area contributed by atoms with Crippen molar-refractivity contribution in [3.05, 3.63) is 35.1 Å². The SMILES string of the molecule is Cc1cc(-c2noc(N)c2CC(C)C)ccc1F. The molecule has 1 aromatic heterocycles. The van der Waals surface area contributed by atoms with Crippen molar-refractivity contribution in [1.29, 1.82) is 0 Å². The molecular weight excluding hydrogens is 231 g/mol. The van der Waals surface area contributed by atoms with Crippen LogP contribution < -0.4 is 5.73 Å². The van der Waals surface area contributed by atoms with E-state index in [1.54, 1.807) is 19.1 Å². The van der Waals surface area contributed by atoms with E-state index >= 15 is 0 Å². The molecule has 0 spiro atoms. The van der Waals surface area contributed by atoms with Crippen molar-refractivity contribution in [3.63, 3.8) is 0 Å². The van der Waals surface area contributed by atoms with Crippen LogP contribution in [0.25, 0.3) is 11.3 Å². The molecule has 0 saturated carbocycles. The molecule has 4 heteroatoms. The fraction of sp³-hybridized carbons (Fsp3) is 0.357. The van der Waals surface area contributed by atoms with Crippen molar-refractivity contribution in [3.8, 4) is 11.3 Å². The van der Waals surface area contributed by atoms with E-state index in [1.165, 1.54) is 6.07 Å². The van der Waals surface area contributed by atoms with E-state index in [4.69, 9.17) is 10.3 Å². The van der Waals surface area contributed by atoms with E-state index < -0.39 is 0 Å². The van der Waals surface area contributed by atoms with Crippen LogP contribution in [-0.2, 0) is 6.42 Å². The van der Waals surface area contributed by atoms with E-state index in [0.29, 0.717) is 23.1 Å². The Balaban J connectivity index is 2.47. The quantitative estimate of drug-likeness (QED) is 0.903. The van der Waals surface area contributed by atoms with Crippen molar-refractivity contribution in [1.82, 2.24) is 5.16 Å². The number of nitrogen functional groups attached to an aromatic ring is 1. The van der Waals surface area contributed by atoms with Gasteiger partial charge >= 0.3 is 0 Å². The predicted octanol–water partition coefficient (Wildman–Crippen LogP) is 3.57. The summed E-state index contributed by atoms with van der Waals surface area (Å²) in [5, 5.41) is 3.99. The fourth-order valence-corrected chi connectivity index (χ4v) is 1.95. The van der Waals surface area contributed by atoms with E-state index in [9.17, 15) is 4.39 Å². The van der Waals surface area contributed by atoms with Crippen LogP contribution >= 0.6 is 0 Å². The average molecular weight is 248 g/mol. The van der Waals surface area contributed by atoms with Gasteiger partial charge in [0.2, 0.25) is 5.88 Å². The molecular formula is C14H17FN2O.